The van der Waals surface area contributed by atoms with E-state index in [1.54, 1.807) is 0 Å². The van der Waals surface area contributed by atoms with Gasteiger partial charge in [-0.2, -0.15) is 0 Å². The van der Waals surface area contributed by atoms with Gasteiger partial charge in [0.15, 0.2) is 6.29 Å². The van der Waals surface area contributed by atoms with Gasteiger partial charge in [0.05, 0.1) is 13.2 Å². The van der Waals surface area contributed by atoms with Crippen LogP contribution in [-0.4, -0.2) is 42.3 Å². The lowest BCUT2D eigenvalue weighted by atomic mass is 10.7. The molecule has 0 bridgehead atoms. The number of ether oxygens (including phenoxy) is 2. The zero-order valence-corrected chi connectivity index (χ0v) is 6.32. The highest BCUT2D eigenvalue weighted by Crippen LogP contribution is 1.81. The molecule has 0 aliphatic carbocycles. The van der Waals surface area contributed by atoms with Gasteiger partial charge >= 0.3 is 5.97 Å². The Morgan fingerprint density at radius 1 is 1.45 bits per heavy atom. The smallest absolute Gasteiger partial charge is 0.302 e. The maximum Gasteiger partial charge on any atom is 0.302 e. The first-order valence-corrected chi connectivity index (χ1v) is 3.20. The van der Waals surface area contributed by atoms with Crippen LogP contribution in [0.4, 0.5) is 0 Å². The van der Waals surface area contributed by atoms with Crippen molar-refractivity contribution in [3.63, 3.8) is 0 Å². The van der Waals surface area contributed by atoms with Crippen LogP contribution in [0.2, 0.25) is 0 Å². The van der Waals surface area contributed by atoms with E-state index in [0.29, 0.717) is 0 Å². The second-order valence-electron chi connectivity index (χ2n) is 1.90. The summed E-state index contributed by atoms with van der Waals surface area (Å²) < 4.78 is 9.16. The molecule has 0 saturated heterocycles. The van der Waals surface area contributed by atoms with Crippen molar-refractivity contribution < 1.29 is 24.5 Å². The maximum absolute atomic E-state index is 10.2. The molecule has 0 aromatic rings. The topological polar surface area (TPSA) is 76.0 Å². The van der Waals surface area contributed by atoms with Crippen molar-refractivity contribution in [2.45, 2.75) is 13.2 Å². The Balaban J connectivity index is 2.97. The summed E-state index contributed by atoms with van der Waals surface area (Å²) in [6.45, 7) is 1.45. The van der Waals surface area contributed by atoms with Crippen LogP contribution in [0.15, 0.2) is 0 Å². The largest absolute Gasteiger partial charge is 0.463 e. The van der Waals surface area contributed by atoms with Gasteiger partial charge in [0.1, 0.15) is 6.61 Å². The summed E-state index contributed by atoms with van der Waals surface area (Å²) in [5.41, 5.74) is 0. The lowest BCUT2D eigenvalue weighted by Gasteiger charge is -2.04. The lowest BCUT2D eigenvalue weighted by Crippen LogP contribution is -2.16. The van der Waals surface area contributed by atoms with Crippen LogP contribution in [0.25, 0.3) is 0 Å². The van der Waals surface area contributed by atoms with Gasteiger partial charge in [0.25, 0.3) is 0 Å². The molecule has 0 fully saturated rings. The molecule has 0 spiro atoms. The molecule has 0 aromatic heterocycles. The minimum absolute atomic E-state index is 0.141. The van der Waals surface area contributed by atoms with Crippen molar-refractivity contribution in [2.75, 3.05) is 19.8 Å². The fraction of sp³-hybridized carbons (Fsp3) is 0.833. The molecule has 0 aromatic carbocycles. The first-order chi connectivity index (χ1) is 5.13. The number of aliphatic hydroxyl groups excluding tert-OH is 1. The van der Waals surface area contributed by atoms with Gasteiger partial charge in [-0.15, -0.1) is 0 Å². The number of hydrogen-bond donors (Lipinski definition) is 2. The van der Waals surface area contributed by atoms with Gasteiger partial charge in [-0.3, -0.25) is 4.79 Å². The molecule has 0 saturated carbocycles. The van der Waals surface area contributed by atoms with Gasteiger partial charge < -0.3 is 19.7 Å². The zero-order chi connectivity index (χ0) is 8.69. The molecule has 66 valence electrons. The molecule has 0 atom stereocenters. The average molecular weight is 164 g/mol. The predicted octanol–water partition coefficient (Wildman–Crippen LogP) is -1.12. The number of carbonyl (C=O) groups excluding carboxylic acids is 1. The molecule has 2 N–H and O–H groups in total. The van der Waals surface area contributed by atoms with Crippen LogP contribution in [0, 0.1) is 0 Å². The van der Waals surface area contributed by atoms with Crippen molar-refractivity contribution in [3.05, 3.63) is 0 Å². The van der Waals surface area contributed by atoms with E-state index in [1.807, 2.05) is 0 Å². The second kappa shape index (κ2) is 6.09. The molecule has 0 rings (SSSR count). The normalized spacial score (nSPS) is 10.2. The van der Waals surface area contributed by atoms with Crippen molar-refractivity contribution in [3.8, 4) is 0 Å². The average Bonchev–Trinajstić information content (AvgIpc) is 1.85. The standard InChI is InChI=1S/C6H12O5/c1-5(7)11-3-2-10-4-6(8)9/h6,8-9H,2-4H2,1H3. The summed E-state index contributed by atoms with van der Waals surface area (Å²) >= 11 is 0. The van der Waals surface area contributed by atoms with Gasteiger partial charge in [-0.25, -0.2) is 0 Å². The molecule has 0 heterocycles. The third-order valence-corrected chi connectivity index (χ3v) is 0.800. The Labute approximate surface area is 64.5 Å². The minimum Gasteiger partial charge on any atom is -0.463 e. The lowest BCUT2D eigenvalue weighted by molar-refractivity contribution is -0.144. The van der Waals surface area contributed by atoms with Crippen LogP contribution in [0.1, 0.15) is 6.92 Å². The number of hydrogen-bond acceptors (Lipinski definition) is 5. The van der Waals surface area contributed by atoms with E-state index in [4.69, 9.17) is 10.2 Å². The Morgan fingerprint density at radius 3 is 2.55 bits per heavy atom. The van der Waals surface area contributed by atoms with Crippen molar-refractivity contribution in [1.82, 2.24) is 0 Å². The van der Waals surface area contributed by atoms with E-state index in [9.17, 15) is 4.79 Å². The monoisotopic (exact) mass is 164 g/mol. The fourth-order valence-corrected chi connectivity index (χ4v) is 0.433. The Morgan fingerprint density at radius 2 is 2.09 bits per heavy atom. The second-order valence-corrected chi connectivity index (χ2v) is 1.90. The molecule has 5 heteroatoms. The van der Waals surface area contributed by atoms with E-state index in [-0.39, 0.29) is 25.8 Å². The SMILES string of the molecule is CC(=O)OCCOCC(O)O. The third kappa shape index (κ3) is 9.35. The van der Waals surface area contributed by atoms with Crippen LogP contribution < -0.4 is 0 Å². The molecule has 0 amide bonds. The van der Waals surface area contributed by atoms with E-state index in [1.165, 1.54) is 6.92 Å². The molecule has 0 unspecified atom stereocenters. The highest BCUT2D eigenvalue weighted by molar-refractivity contribution is 5.65. The molecule has 11 heavy (non-hydrogen) atoms. The van der Waals surface area contributed by atoms with E-state index >= 15 is 0 Å². The summed E-state index contributed by atoms with van der Waals surface area (Å²) in [5.74, 6) is -0.377. The molecule has 5 nitrogen and oxygen atoms in total. The highest BCUT2D eigenvalue weighted by Gasteiger charge is 1.96. The molecular formula is C6H12O5. The summed E-state index contributed by atoms with van der Waals surface area (Å²) in [7, 11) is 0. The summed E-state index contributed by atoms with van der Waals surface area (Å²) in [4.78, 5) is 10.2. The van der Waals surface area contributed by atoms with E-state index < -0.39 is 6.29 Å². The zero-order valence-electron chi connectivity index (χ0n) is 6.32. The van der Waals surface area contributed by atoms with E-state index in [2.05, 4.69) is 9.47 Å². The summed E-state index contributed by atoms with van der Waals surface area (Å²) in [5, 5.41) is 16.6. The summed E-state index contributed by atoms with van der Waals surface area (Å²) in [6, 6.07) is 0. The van der Waals surface area contributed by atoms with Crippen LogP contribution in [0.3, 0.4) is 0 Å². The number of rotatable bonds is 5. The molecule has 0 aliphatic rings. The third-order valence-electron chi connectivity index (χ3n) is 0.800. The van der Waals surface area contributed by atoms with Crippen molar-refractivity contribution in [1.29, 1.82) is 0 Å². The van der Waals surface area contributed by atoms with Gasteiger partial charge in [-0.1, -0.05) is 0 Å². The van der Waals surface area contributed by atoms with Crippen LogP contribution in [0.5, 0.6) is 0 Å². The fourth-order valence-electron chi connectivity index (χ4n) is 0.433. The Bertz CT molecular complexity index is 112. The number of aliphatic hydroxyl groups is 2. The first-order valence-electron chi connectivity index (χ1n) is 3.20. The van der Waals surface area contributed by atoms with E-state index in [0.717, 1.165) is 0 Å². The summed E-state index contributed by atoms with van der Waals surface area (Å²) in [6.07, 6.45) is -1.47. The maximum atomic E-state index is 10.2. The Kier molecular flexibility index (Phi) is 5.73. The minimum atomic E-state index is -1.47. The van der Waals surface area contributed by atoms with Gasteiger partial charge in [0, 0.05) is 6.92 Å². The van der Waals surface area contributed by atoms with Crippen molar-refractivity contribution in [2.24, 2.45) is 0 Å². The van der Waals surface area contributed by atoms with Crippen LogP contribution in [-0.2, 0) is 14.3 Å². The predicted molar refractivity (Wildman–Crippen MR) is 35.7 cm³/mol. The number of carbonyl (C=O) groups is 1. The Hall–Kier alpha value is -0.650. The molecule has 0 radical (unpaired) electrons. The number of esters is 1. The highest BCUT2D eigenvalue weighted by atomic mass is 16.6. The van der Waals surface area contributed by atoms with Crippen molar-refractivity contribution >= 4 is 5.97 Å². The van der Waals surface area contributed by atoms with Gasteiger partial charge in [-0.05, 0) is 0 Å². The quantitative estimate of drug-likeness (QED) is 0.306. The molecule has 0 aliphatic heterocycles. The van der Waals surface area contributed by atoms with Gasteiger partial charge in [0.2, 0.25) is 0 Å². The first kappa shape index (κ1) is 10.3. The molecular weight excluding hydrogens is 152 g/mol. The van der Waals surface area contributed by atoms with Crippen LogP contribution >= 0.6 is 0 Å².